The van der Waals surface area contributed by atoms with Crippen molar-refractivity contribution in [2.75, 3.05) is 25.4 Å². The van der Waals surface area contributed by atoms with E-state index in [2.05, 4.69) is 5.32 Å². The standard InChI is InChI=1S/C13H13N3O5S2/c17-11(14-5-6-15-12(18)8-23-13(15)22)7-21-10-3-1-9(2-4-10)16(19)20/h1-4H,5-8H2,(H,14,17). The highest BCUT2D eigenvalue weighted by molar-refractivity contribution is 8.23. The average Bonchev–Trinajstić information content (AvgIpc) is 2.85. The van der Waals surface area contributed by atoms with Crippen molar-refractivity contribution in [3.05, 3.63) is 34.4 Å². The molecule has 10 heteroatoms. The number of thiocarbonyl (C=S) groups is 1. The number of carbonyl (C=O) groups is 2. The van der Waals surface area contributed by atoms with Crippen LogP contribution in [0.15, 0.2) is 24.3 Å². The first-order valence-corrected chi connectivity index (χ1v) is 7.98. The van der Waals surface area contributed by atoms with Gasteiger partial charge in [-0.05, 0) is 12.1 Å². The number of nitro benzene ring substituents is 1. The van der Waals surface area contributed by atoms with Crippen LogP contribution in [0.2, 0.25) is 0 Å². The predicted molar refractivity (Wildman–Crippen MR) is 88.4 cm³/mol. The van der Waals surface area contributed by atoms with Gasteiger partial charge in [-0.25, -0.2) is 0 Å². The van der Waals surface area contributed by atoms with Gasteiger partial charge in [-0.3, -0.25) is 24.6 Å². The fourth-order valence-corrected chi connectivity index (χ4v) is 2.89. The van der Waals surface area contributed by atoms with Gasteiger partial charge in [0.15, 0.2) is 6.61 Å². The quantitative estimate of drug-likeness (QED) is 0.441. The Balaban J connectivity index is 1.69. The molecule has 1 fully saturated rings. The Morgan fingerprint density at radius 2 is 2.13 bits per heavy atom. The van der Waals surface area contributed by atoms with Crippen LogP contribution in [0.25, 0.3) is 0 Å². The van der Waals surface area contributed by atoms with E-state index in [4.69, 9.17) is 17.0 Å². The maximum Gasteiger partial charge on any atom is 0.269 e. The first-order chi connectivity index (χ1) is 11.0. The Morgan fingerprint density at radius 1 is 1.43 bits per heavy atom. The van der Waals surface area contributed by atoms with E-state index in [-0.39, 0.29) is 30.7 Å². The van der Waals surface area contributed by atoms with Gasteiger partial charge in [0.25, 0.3) is 11.6 Å². The molecule has 0 saturated carbocycles. The summed E-state index contributed by atoms with van der Waals surface area (Å²) in [5.74, 6) is 0.291. The maximum absolute atomic E-state index is 11.6. The number of nitrogens with one attached hydrogen (secondary N) is 1. The van der Waals surface area contributed by atoms with Crippen LogP contribution in [0.5, 0.6) is 5.75 Å². The van der Waals surface area contributed by atoms with E-state index < -0.39 is 4.92 Å². The number of benzene rings is 1. The molecule has 0 bridgehead atoms. The molecular weight excluding hydrogens is 342 g/mol. The summed E-state index contributed by atoms with van der Waals surface area (Å²) < 4.78 is 5.74. The molecule has 8 nitrogen and oxygen atoms in total. The van der Waals surface area contributed by atoms with Crippen LogP contribution >= 0.6 is 24.0 Å². The fraction of sp³-hybridized carbons (Fsp3) is 0.308. The highest BCUT2D eigenvalue weighted by Gasteiger charge is 2.25. The summed E-state index contributed by atoms with van der Waals surface area (Å²) in [6.45, 7) is 0.383. The van der Waals surface area contributed by atoms with E-state index in [1.165, 1.54) is 40.9 Å². The largest absolute Gasteiger partial charge is 0.484 e. The lowest BCUT2D eigenvalue weighted by atomic mass is 10.3. The summed E-state index contributed by atoms with van der Waals surface area (Å²) in [5.41, 5.74) is -0.0501. The molecule has 1 aromatic carbocycles. The van der Waals surface area contributed by atoms with Crippen molar-refractivity contribution in [3.8, 4) is 5.75 Å². The Morgan fingerprint density at radius 3 is 2.70 bits per heavy atom. The Kier molecular flexibility index (Phi) is 5.88. The molecule has 0 radical (unpaired) electrons. The number of rotatable bonds is 7. The van der Waals surface area contributed by atoms with Crippen LogP contribution in [-0.2, 0) is 9.59 Å². The van der Waals surface area contributed by atoms with Crippen LogP contribution in [0.4, 0.5) is 5.69 Å². The summed E-state index contributed by atoms with van der Waals surface area (Å²) in [7, 11) is 0. The molecule has 1 aromatic rings. The molecule has 0 aliphatic carbocycles. The van der Waals surface area contributed by atoms with Crippen LogP contribution < -0.4 is 10.1 Å². The Bertz CT molecular complexity index is 619. The van der Waals surface area contributed by atoms with E-state index >= 15 is 0 Å². The molecule has 1 aliphatic rings. The van der Waals surface area contributed by atoms with Gasteiger partial charge in [0.2, 0.25) is 5.91 Å². The van der Waals surface area contributed by atoms with Crippen molar-refractivity contribution in [1.82, 2.24) is 10.2 Å². The van der Waals surface area contributed by atoms with Gasteiger partial charge in [-0.1, -0.05) is 24.0 Å². The van der Waals surface area contributed by atoms with E-state index in [0.717, 1.165) is 0 Å². The number of nitrogens with zero attached hydrogens (tertiary/aromatic N) is 2. The number of hydrogen-bond donors (Lipinski definition) is 1. The van der Waals surface area contributed by atoms with Gasteiger partial charge in [0.05, 0.1) is 10.7 Å². The van der Waals surface area contributed by atoms with E-state index in [1.54, 1.807) is 0 Å². The van der Waals surface area contributed by atoms with Crippen LogP contribution in [-0.4, -0.2) is 51.4 Å². The molecule has 1 heterocycles. The number of carbonyl (C=O) groups excluding carboxylic acids is 2. The number of non-ortho nitro benzene ring substituents is 1. The van der Waals surface area contributed by atoms with Crippen molar-refractivity contribution in [1.29, 1.82) is 0 Å². The zero-order chi connectivity index (χ0) is 16.8. The van der Waals surface area contributed by atoms with Gasteiger partial charge in [-0.2, -0.15) is 0 Å². The monoisotopic (exact) mass is 355 g/mol. The number of hydrogen-bond acceptors (Lipinski definition) is 7. The Labute approximate surface area is 141 Å². The van der Waals surface area contributed by atoms with Crippen molar-refractivity contribution in [2.24, 2.45) is 0 Å². The van der Waals surface area contributed by atoms with E-state index in [0.29, 0.717) is 22.4 Å². The number of ether oxygens (including phenoxy) is 1. The van der Waals surface area contributed by atoms with Gasteiger partial charge in [0.1, 0.15) is 10.1 Å². The first kappa shape index (κ1) is 17.2. The number of nitro groups is 1. The highest BCUT2D eigenvalue weighted by atomic mass is 32.2. The third kappa shape index (κ3) is 4.89. The third-order valence-electron chi connectivity index (χ3n) is 2.92. The van der Waals surface area contributed by atoms with Crippen LogP contribution in [0, 0.1) is 10.1 Å². The number of thioether (sulfide) groups is 1. The fourth-order valence-electron chi connectivity index (χ4n) is 1.77. The summed E-state index contributed by atoms with van der Waals surface area (Å²) >= 11 is 6.33. The van der Waals surface area contributed by atoms with Gasteiger partial charge in [-0.15, -0.1) is 0 Å². The zero-order valence-electron chi connectivity index (χ0n) is 11.9. The molecule has 2 rings (SSSR count). The molecule has 0 atom stereocenters. The second kappa shape index (κ2) is 7.88. The minimum atomic E-state index is -0.515. The van der Waals surface area contributed by atoms with Crippen LogP contribution in [0.1, 0.15) is 0 Å². The smallest absolute Gasteiger partial charge is 0.269 e. The predicted octanol–water partition coefficient (Wildman–Crippen LogP) is 0.950. The lowest BCUT2D eigenvalue weighted by Gasteiger charge is -2.15. The lowest BCUT2D eigenvalue weighted by Crippen LogP contribution is -2.38. The highest BCUT2D eigenvalue weighted by Crippen LogP contribution is 2.18. The summed E-state index contributed by atoms with van der Waals surface area (Å²) in [4.78, 5) is 34.6. The van der Waals surface area contributed by atoms with E-state index in [9.17, 15) is 19.7 Å². The molecule has 122 valence electrons. The van der Waals surface area contributed by atoms with Gasteiger partial charge >= 0.3 is 0 Å². The summed E-state index contributed by atoms with van der Waals surface area (Å²) in [6, 6.07) is 5.43. The van der Waals surface area contributed by atoms with Gasteiger partial charge < -0.3 is 10.1 Å². The van der Waals surface area contributed by atoms with Crippen molar-refractivity contribution >= 4 is 45.8 Å². The summed E-state index contributed by atoms with van der Waals surface area (Å²) in [6.07, 6.45) is 0. The van der Waals surface area contributed by atoms with Gasteiger partial charge in [0, 0.05) is 25.2 Å². The molecule has 23 heavy (non-hydrogen) atoms. The minimum absolute atomic E-state index is 0.0501. The zero-order valence-corrected chi connectivity index (χ0v) is 13.5. The molecule has 1 saturated heterocycles. The van der Waals surface area contributed by atoms with Crippen molar-refractivity contribution < 1.29 is 19.2 Å². The normalized spacial score (nSPS) is 14.0. The van der Waals surface area contributed by atoms with E-state index in [1.807, 2.05) is 0 Å². The van der Waals surface area contributed by atoms with Crippen molar-refractivity contribution in [3.63, 3.8) is 0 Å². The second-order valence-corrected chi connectivity index (χ2v) is 6.10. The Hall–Kier alpha value is -2.20. The SMILES string of the molecule is O=C(COc1ccc([N+](=O)[O-])cc1)NCCN1C(=O)CSC1=S. The molecule has 0 unspecified atom stereocenters. The topological polar surface area (TPSA) is 102 Å². The molecule has 1 N–H and O–H groups in total. The lowest BCUT2D eigenvalue weighted by molar-refractivity contribution is -0.384. The molecule has 0 spiro atoms. The molecule has 2 amide bonds. The summed E-state index contributed by atoms with van der Waals surface area (Å²) in [5, 5.41) is 13.1. The molecule has 0 aromatic heterocycles. The third-order valence-corrected chi connectivity index (χ3v) is 4.35. The second-order valence-electron chi connectivity index (χ2n) is 4.49. The average molecular weight is 355 g/mol. The maximum atomic E-state index is 11.6. The molecule has 1 aliphatic heterocycles. The van der Waals surface area contributed by atoms with Crippen molar-refractivity contribution in [2.45, 2.75) is 0 Å². The van der Waals surface area contributed by atoms with Crippen LogP contribution in [0.3, 0.4) is 0 Å². The number of amides is 2. The first-order valence-electron chi connectivity index (χ1n) is 6.58. The minimum Gasteiger partial charge on any atom is -0.484 e. The molecular formula is C13H13N3O5S2.